The number of carbonyl (C=O) groups excluding carboxylic acids is 2. The van der Waals surface area contributed by atoms with Crippen molar-refractivity contribution in [2.24, 2.45) is 5.73 Å². The number of carboxylic acids is 1. The zero-order valence-electron chi connectivity index (χ0n) is 10.5. The molecule has 0 aromatic carbocycles. The van der Waals surface area contributed by atoms with Crippen LogP contribution in [0.3, 0.4) is 0 Å². The Labute approximate surface area is 105 Å². The molecule has 0 spiro atoms. The fourth-order valence-electron chi connectivity index (χ4n) is 1.10. The summed E-state index contributed by atoms with van der Waals surface area (Å²) in [5.74, 6) is -1.80. The average molecular weight is 257 g/mol. The molecule has 0 rings (SSSR count). The number of aliphatic carboxylic acids is 1. The minimum atomic E-state index is -1.20. The number of carbonyl (C=O) groups is 3. The first-order valence-electron chi connectivity index (χ1n) is 5.51. The van der Waals surface area contributed by atoms with E-state index in [9.17, 15) is 14.4 Å². The summed E-state index contributed by atoms with van der Waals surface area (Å²) in [5, 5.41) is 13.6. The highest BCUT2D eigenvalue weighted by Crippen LogP contribution is 1.97. The first-order chi connectivity index (χ1) is 8.32. The van der Waals surface area contributed by atoms with E-state index in [0.717, 1.165) is 5.57 Å². The summed E-state index contributed by atoms with van der Waals surface area (Å²) in [4.78, 5) is 32.7. The normalized spacial score (nSPS) is 11.2. The summed E-state index contributed by atoms with van der Waals surface area (Å²) in [6.45, 7) is 4.08. The van der Waals surface area contributed by atoms with Gasteiger partial charge >= 0.3 is 12.0 Å². The summed E-state index contributed by atoms with van der Waals surface area (Å²) in [6, 6.07) is -1.71. The molecular weight excluding hydrogens is 238 g/mol. The van der Waals surface area contributed by atoms with Crippen LogP contribution in [0.5, 0.6) is 0 Å². The Morgan fingerprint density at radius 1 is 1.33 bits per heavy atom. The zero-order valence-corrected chi connectivity index (χ0v) is 10.5. The van der Waals surface area contributed by atoms with Crippen LogP contribution in [0.2, 0.25) is 0 Å². The molecule has 0 unspecified atom stereocenters. The van der Waals surface area contributed by atoms with Gasteiger partial charge in [0.05, 0.1) is 0 Å². The molecule has 0 aliphatic carbocycles. The van der Waals surface area contributed by atoms with Crippen LogP contribution in [0.4, 0.5) is 4.79 Å². The number of nitrogens with two attached hydrogens (primary N) is 1. The van der Waals surface area contributed by atoms with Gasteiger partial charge in [-0.1, -0.05) is 11.6 Å². The van der Waals surface area contributed by atoms with Gasteiger partial charge in [-0.15, -0.1) is 0 Å². The summed E-state index contributed by atoms with van der Waals surface area (Å²) in [5.41, 5.74) is 5.96. The van der Waals surface area contributed by atoms with E-state index < -0.39 is 23.9 Å². The van der Waals surface area contributed by atoms with Crippen molar-refractivity contribution in [2.45, 2.75) is 32.7 Å². The molecule has 18 heavy (non-hydrogen) atoms. The van der Waals surface area contributed by atoms with Crippen molar-refractivity contribution in [1.82, 2.24) is 10.6 Å². The van der Waals surface area contributed by atoms with E-state index in [1.807, 2.05) is 13.8 Å². The lowest BCUT2D eigenvalue weighted by Crippen LogP contribution is -2.46. The molecule has 0 aromatic heterocycles. The fraction of sp³-hybridized carbons (Fsp3) is 0.545. The topological polar surface area (TPSA) is 122 Å². The van der Waals surface area contributed by atoms with Crippen LogP contribution in [0, 0.1) is 0 Å². The zero-order chi connectivity index (χ0) is 14.1. The Kier molecular flexibility index (Phi) is 7.18. The van der Waals surface area contributed by atoms with Gasteiger partial charge in [0, 0.05) is 13.0 Å². The fourth-order valence-corrected chi connectivity index (χ4v) is 1.10. The number of allylic oxidation sites excluding steroid dienone is 1. The predicted molar refractivity (Wildman–Crippen MR) is 65.8 cm³/mol. The van der Waals surface area contributed by atoms with Gasteiger partial charge in [0.2, 0.25) is 5.91 Å². The molecule has 0 aliphatic heterocycles. The van der Waals surface area contributed by atoms with Crippen molar-refractivity contribution < 1.29 is 19.5 Å². The van der Waals surface area contributed by atoms with E-state index in [4.69, 9.17) is 10.8 Å². The van der Waals surface area contributed by atoms with E-state index in [0.29, 0.717) is 6.54 Å². The molecule has 5 N–H and O–H groups in total. The molecule has 0 bridgehead atoms. The lowest BCUT2D eigenvalue weighted by molar-refractivity contribution is -0.139. The molecule has 0 aromatic rings. The molecule has 0 saturated heterocycles. The Bertz CT molecular complexity index is 348. The van der Waals surface area contributed by atoms with Crippen molar-refractivity contribution >= 4 is 17.9 Å². The van der Waals surface area contributed by atoms with E-state index in [2.05, 4.69) is 10.6 Å². The number of hydrogen-bond donors (Lipinski definition) is 4. The maximum Gasteiger partial charge on any atom is 0.326 e. The van der Waals surface area contributed by atoms with Gasteiger partial charge in [-0.2, -0.15) is 0 Å². The highest BCUT2D eigenvalue weighted by molar-refractivity contribution is 5.83. The number of nitrogens with one attached hydrogen (secondary N) is 2. The van der Waals surface area contributed by atoms with Gasteiger partial charge in [0.15, 0.2) is 0 Å². The van der Waals surface area contributed by atoms with Crippen LogP contribution >= 0.6 is 0 Å². The Morgan fingerprint density at radius 2 is 1.94 bits per heavy atom. The largest absolute Gasteiger partial charge is 0.480 e. The lowest BCUT2D eigenvalue weighted by atomic mass is 10.1. The molecule has 102 valence electrons. The number of hydrogen-bond acceptors (Lipinski definition) is 3. The predicted octanol–water partition coefficient (Wildman–Crippen LogP) is -0.0295. The van der Waals surface area contributed by atoms with E-state index >= 15 is 0 Å². The van der Waals surface area contributed by atoms with Crippen LogP contribution in [0.1, 0.15) is 26.7 Å². The van der Waals surface area contributed by atoms with Crippen LogP contribution in [0.25, 0.3) is 0 Å². The van der Waals surface area contributed by atoms with Crippen LogP contribution in [-0.4, -0.2) is 35.6 Å². The minimum Gasteiger partial charge on any atom is -0.480 e. The molecular formula is C11H19N3O4. The molecule has 3 amide bonds. The van der Waals surface area contributed by atoms with Crippen molar-refractivity contribution in [3.63, 3.8) is 0 Å². The molecule has 7 nitrogen and oxygen atoms in total. The third-order valence-corrected chi connectivity index (χ3v) is 2.06. The molecule has 0 radical (unpaired) electrons. The monoisotopic (exact) mass is 257 g/mol. The van der Waals surface area contributed by atoms with Gasteiger partial charge in [0.1, 0.15) is 6.04 Å². The molecule has 0 aliphatic rings. The quantitative estimate of drug-likeness (QED) is 0.478. The first-order valence-corrected chi connectivity index (χ1v) is 5.51. The summed E-state index contributed by atoms with van der Waals surface area (Å²) in [7, 11) is 0. The third-order valence-electron chi connectivity index (χ3n) is 2.06. The maximum absolute atomic E-state index is 11.4. The second-order valence-electron chi connectivity index (χ2n) is 4.03. The third kappa shape index (κ3) is 8.14. The summed E-state index contributed by atoms with van der Waals surface area (Å²) >= 11 is 0. The van der Waals surface area contributed by atoms with Gasteiger partial charge < -0.3 is 21.5 Å². The SMILES string of the molecule is CC(C)=CCNC(=O)N[C@@H](CCC(N)=O)C(=O)O. The standard InChI is InChI=1S/C11H19N3O4/c1-7(2)5-6-13-11(18)14-8(10(16)17)3-4-9(12)15/h5,8H,3-4,6H2,1-2H3,(H2,12,15)(H,16,17)(H2,13,14,18)/t8-/m0/s1. The Hall–Kier alpha value is -2.05. The number of carboxylic acid groups (broad SMARTS) is 1. The second-order valence-corrected chi connectivity index (χ2v) is 4.03. The first kappa shape index (κ1) is 16.0. The average Bonchev–Trinajstić information content (AvgIpc) is 2.22. The smallest absolute Gasteiger partial charge is 0.326 e. The Morgan fingerprint density at radius 3 is 2.39 bits per heavy atom. The van der Waals surface area contributed by atoms with Gasteiger partial charge in [-0.3, -0.25) is 4.79 Å². The molecule has 0 heterocycles. The highest BCUT2D eigenvalue weighted by atomic mass is 16.4. The maximum atomic E-state index is 11.4. The minimum absolute atomic E-state index is 0.0271. The Balaban J connectivity index is 4.15. The molecule has 0 fully saturated rings. The van der Waals surface area contributed by atoms with Gasteiger partial charge in [-0.05, 0) is 20.3 Å². The van der Waals surface area contributed by atoms with Crippen LogP contribution in [-0.2, 0) is 9.59 Å². The number of primary amides is 1. The molecule has 0 saturated carbocycles. The van der Waals surface area contributed by atoms with Crippen molar-refractivity contribution in [1.29, 1.82) is 0 Å². The van der Waals surface area contributed by atoms with Crippen LogP contribution in [0.15, 0.2) is 11.6 Å². The summed E-state index contributed by atoms with van der Waals surface area (Å²) < 4.78 is 0. The lowest BCUT2D eigenvalue weighted by Gasteiger charge is -2.13. The number of urea groups is 1. The van der Waals surface area contributed by atoms with Crippen molar-refractivity contribution in [3.05, 3.63) is 11.6 Å². The second kappa shape index (κ2) is 8.10. The summed E-state index contributed by atoms with van der Waals surface area (Å²) in [6.07, 6.45) is 1.67. The van der Waals surface area contributed by atoms with Crippen LogP contribution < -0.4 is 16.4 Å². The molecule has 7 heteroatoms. The van der Waals surface area contributed by atoms with E-state index in [1.165, 1.54) is 0 Å². The van der Waals surface area contributed by atoms with Gasteiger partial charge in [0.25, 0.3) is 0 Å². The highest BCUT2D eigenvalue weighted by Gasteiger charge is 2.19. The van der Waals surface area contributed by atoms with Crippen molar-refractivity contribution in [3.8, 4) is 0 Å². The number of amides is 3. The molecule has 1 atom stereocenters. The number of rotatable bonds is 7. The van der Waals surface area contributed by atoms with Crippen molar-refractivity contribution in [2.75, 3.05) is 6.54 Å². The van der Waals surface area contributed by atoms with E-state index in [-0.39, 0.29) is 12.8 Å². The van der Waals surface area contributed by atoms with E-state index in [1.54, 1.807) is 6.08 Å². The van der Waals surface area contributed by atoms with Gasteiger partial charge in [-0.25, -0.2) is 9.59 Å².